The zero-order valence-electron chi connectivity index (χ0n) is 12.2. The van der Waals surface area contributed by atoms with E-state index in [0.717, 1.165) is 12.1 Å². The van der Waals surface area contributed by atoms with E-state index in [4.69, 9.17) is 5.11 Å². The molecule has 3 atom stereocenters. The molecule has 3 unspecified atom stereocenters. The van der Waals surface area contributed by atoms with Gasteiger partial charge in [-0.15, -0.1) is 0 Å². The van der Waals surface area contributed by atoms with Crippen molar-refractivity contribution in [2.45, 2.75) is 31.2 Å². The maximum Gasteiger partial charge on any atom is 0.315 e. The summed E-state index contributed by atoms with van der Waals surface area (Å²) in [4.78, 5) is 11.8. The number of aliphatic hydroxyl groups excluding tert-OH is 1. The number of amides is 2. The third-order valence-electron chi connectivity index (χ3n) is 3.18. The van der Waals surface area contributed by atoms with E-state index in [9.17, 15) is 13.6 Å². The number of carbonyl (C=O) groups is 1. The molecule has 1 rings (SSSR count). The van der Waals surface area contributed by atoms with Crippen molar-refractivity contribution in [1.29, 1.82) is 0 Å². The van der Waals surface area contributed by atoms with Gasteiger partial charge >= 0.3 is 6.03 Å². The van der Waals surface area contributed by atoms with Crippen molar-refractivity contribution in [2.24, 2.45) is 0 Å². The highest BCUT2D eigenvalue weighted by Gasteiger charge is 2.19. The number of benzene rings is 1. The van der Waals surface area contributed by atoms with Gasteiger partial charge in [0.05, 0.1) is 12.6 Å². The van der Waals surface area contributed by atoms with Crippen LogP contribution in [0, 0.1) is 11.6 Å². The van der Waals surface area contributed by atoms with E-state index < -0.39 is 23.7 Å². The summed E-state index contributed by atoms with van der Waals surface area (Å²) in [7, 11) is 0. The van der Waals surface area contributed by atoms with Gasteiger partial charge in [-0.05, 0) is 26.2 Å². The maximum atomic E-state index is 13.6. The molecule has 0 radical (unpaired) electrons. The molecule has 118 valence electrons. The Labute approximate surface area is 127 Å². The fraction of sp³-hybridized carbons (Fsp3) is 0.500. The van der Waals surface area contributed by atoms with Gasteiger partial charge in [0.2, 0.25) is 0 Å². The minimum atomic E-state index is -0.701. The van der Waals surface area contributed by atoms with Crippen LogP contribution >= 0.6 is 11.8 Å². The second kappa shape index (κ2) is 8.19. The molecule has 21 heavy (non-hydrogen) atoms. The highest BCUT2D eigenvalue weighted by Crippen LogP contribution is 2.17. The monoisotopic (exact) mass is 318 g/mol. The maximum absolute atomic E-state index is 13.6. The summed E-state index contributed by atoms with van der Waals surface area (Å²) in [6.07, 6.45) is 1.84. The highest BCUT2D eigenvalue weighted by atomic mass is 32.2. The topological polar surface area (TPSA) is 61.4 Å². The summed E-state index contributed by atoms with van der Waals surface area (Å²) in [6, 6.07) is 1.93. The van der Waals surface area contributed by atoms with Gasteiger partial charge in [0.15, 0.2) is 0 Å². The Bertz CT molecular complexity index is 484. The summed E-state index contributed by atoms with van der Waals surface area (Å²) in [5, 5.41) is 14.3. The van der Waals surface area contributed by atoms with Crippen LogP contribution in [0.4, 0.5) is 13.6 Å². The molecule has 0 heterocycles. The van der Waals surface area contributed by atoms with Crippen molar-refractivity contribution < 1.29 is 18.7 Å². The van der Waals surface area contributed by atoms with Crippen LogP contribution in [0.25, 0.3) is 0 Å². The van der Waals surface area contributed by atoms with Gasteiger partial charge in [0.1, 0.15) is 11.6 Å². The molecule has 0 aliphatic heterocycles. The fourth-order valence-corrected chi connectivity index (χ4v) is 2.53. The standard InChI is InChI=1S/C14H20F2N2O2S/c1-8(11-5-4-10(15)6-12(11)16)17-14(20)18-9(2)13(7-19)21-3/h4-6,8-9,13,19H,7H2,1-3H3,(H2,17,18,20). The first-order valence-corrected chi connectivity index (χ1v) is 7.83. The van der Waals surface area contributed by atoms with Gasteiger partial charge in [-0.25, -0.2) is 13.6 Å². The van der Waals surface area contributed by atoms with Crippen LogP contribution < -0.4 is 10.6 Å². The van der Waals surface area contributed by atoms with Gasteiger partial charge in [-0.2, -0.15) is 11.8 Å². The molecule has 3 N–H and O–H groups in total. The first-order valence-electron chi connectivity index (χ1n) is 6.54. The smallest absolute Gasteiger partial charge is 0.315 e. The van der Waals surface area contributed by atoms with E-state index in [-0.39, 0.29) is 23.5 Å². The minimum absolute atomic E-state index is 0.0508. The van der Waals surface area contributed by atoms with Crippen LogP contribution in [-0.2, 0) is 0 Å². The molecule has 0 saturated carbocycles. The van der Waals surface area contributed by atoms with E-state index in [1.807, 2.05) is 6.26 Å². The first kappa shape index (κ1) is 17.7. The number of urea groups is 1. The number of aliphatic hydroxyl groups is 1. The summed E-state index contributed by atoms with van der Waals surface area (Å²) < 4.78 is 26.4. The lowest BCUT2D eigenvalue weighted by Gasteiger charge is -2.23. The number of hydrogen-bond donors (Lipinski definition) is 3. The number of carbonyl (C=O) groups excluding carboxylic acids is 1. The van der Waals surface area contributed by atoms with Crippen LogP contribution in [0.5, 0.6) is 0 Å². The van der Waals surface area contributed by atoms with Crippen LogP contribution in [0.1, 0.15) is 25.5 Å². The fourth-order valence-electron chi connectivity index (χ4n) is 1.91. The molecule has 0 aliphatic carbocycles. The van der Waals surface area contributed by atoms with Gasteiger partial charge in [0.25, 0.3) is 0 Å². The lowest BCUT2D eigenvalue weighted by Crippen LogP contribution is -2.46. The summed E-state index contributed by atoms with van der Waals surface area (Å²) in [5.41, 5.74) is 0.211. The predicted octanol–water partition coefficient (Wildman–Crippen LogP) is 2.44. The molecule has 2 amide bonds. The number of halogens is 2. The van der Waals surface area contributed by atoms with E-state index in [1.54, 1.807) is 13.8 Å². The van der Waals surface area contributed by atoms with E-state index in [2.05, 4.69) is 10.6 Å². The van der Waals surface area contributed by atoms with Crippen LogP contribution in [0.15, 0.2) is 18.2 Å². The van der Waals surface area contributed by atoms with Gasteiger partial charge in [0, 0.05) is 22.9 Å². The van der Waals surface area contributed by atoms with Crippen molar-refractivity contribution in [3.63, 3.8) is 0 Å². The molecular formula is C14H20F2N2O2S. The van der Waals surface area contributed by atoms with Crippen LogP contribution in [0.2, 0.25) is 0 Å². The Balaban J connectivity index is 2.61. The lowest BCUT2D eigenvalue weighted by atomic mass is 10.1. The summed E-state index contributed by atoms with van der Waals surface area (Å²) in [6.45, 7) is 3.34. The Morgan fingerprint density at radius 3 is 2.52 bits per heavy atom. The molecule has 0 fully saturated rings. The van der Waals surface area contributed by atoms with Crippen LogP contribution in [0.3, 0.4) is 0 Å². The zero-order chi connectivity index (χ0) is 16.0. The van der Waals surface area contributed by atoms with Crippen molar-refractivity contribution >= 4 is 17.8 Å². The number of thioether (sulfide) groups is 1. The van der Waals surface area contributed by atoms with Crippen LogP contribution in [-0.4, -0.2) is 35.3 Å². The largest absolute Gasteiger partial charge is 0.395 e. The first-order chi connectivity index (χ1) is 9.88. The molecule has 0 aromatic heterocycles. The molecule has 0 saturated heterocycles. The SMILES string of the molecule is CSC(CO)C(C)NC(=O)NC(C)c1ccc(F)cc1F. The number of nitrogens with one attached hydrogen (secondary N) is 2. The molecule has 4 nitrogen and oxygen atoms in total. The summed E-state index contributed by atoms with van der Waals surface area (Å²) >= 11 is 1.45. The van der Waals surface area contributed by atoms with Crippen molar-refractivity contribution in [2.75, 3.05) is 12.9 Å². The Hall–Kier alpha value is -1.34. The average Bonchev–Trinajstić information content (AvgIpc) is 2.39. The Morgan fingerprint density at radius 1 is 1.33 bits per heavy atom. The summed E-state index contributed by atoms with van der Waals surface area (Å²) in [5.74, 6) is -1.36. The third-order valence-corrected chi connectivity index (χ3v) is 4.34. The second-order valence-electron chi connectivity index (χ2n) is 4.75. The van der Waals surface area contributed by atoms with Gasteiger partial charge in [-0.3, -0.25) is 0 Å². The molecule has 0 spiro atoms. The van der Waals surface area contributed by atoms with Gasteiger partial charge in [-0.1, -0.05) is 6.07 Å². The second-order valence-corrected chi connectivity index (χ2v) is 5.83. The third kappa shape index (κ3) is 5.17. The van der Waals surface area contributed by atoms with Crippen molar-refractivity contribution in [3.8, 4) is 0 Å². The van der Waals surface area contributed by atoms with Crippen molar-refractivity contribution in [1.82, 2.24) is 10.6 Å². The van der Waals surface area contributed by atoms with Gasteiger partial charge < -0.3 is 15.7 Å². The molecule has 1 aromatic rings. The lowest BCUT2D eigenvalue weighted by molar-refractivity contribution is 0.229. The highest BCUT2D eigenvalue weighted by molar-refractivity contribution is 7.99. The predicted molar refractivity (Wildman–Crippen MR) is 80.3 cm³/mol. The molecule has 1 aromatic carbocycles. The quantitative estimate of drug-likeness (QED) is 0.755. The Kier molecular flexibility index (Phi) is 6.91. The molecule has 0 bridgehead atoms. The molecule has 0 aliphatic rings. The normalized spacial score (nSPS) is 15.1. The van der Waals surface area contributed by atoms with E-state index in [0.29, 0.717) is 0 Å². The van der Waals surface area contributed by atoms with Crippen molar-refractivity contribution in [3.05, 3.63) is 35.4 Å². The average molecular weight is 318 g/mol. The molecular weight excluding hydrogens is 298 g/mol. The number of rotatable bonds is 6. The zero-order valence-corrected chi connectivity index (χ0v) is 13.0. The van der Waals surface area contributed by atoms with E-state index in [1.165, 1.54) is 17.8 Å². The van der Waals surface area contributed by atoms with E-state index >= 15 is 0 Å². The number of hydrogen-bond acceptors (Lipinski definition) is 3. The minimum Gasteiger partial charge on any atom is -0.395 e. The molecule has 7 heteroatoms. The Morgan fingerprint density at radius 2 is 2.00 bits per heavy atom.